The molecule has 2 aliphatic rings. The smallest absolute Gasteiger partial charge is 0.252 e. The highest BCUT2D eigenvalue weighted by atomic mass is 15.2. The van der Waals surface area contributed by atoms with E-state index in [-0.39, 0.29) is 6.71 Å². The van der Waals surface area contributed by atoms with Crippen molar-refractivity contribution < 1.29 is 0 Å². The first-order valence-corrected chi connectivity index (χ1v) is 32.2. The number of para-hydroxylation sites is 2. The van der Waals surface area contributed by atoms with Gasteiger partial charge in [-0.2, -0.15) is 0 Å². The summed E-state index contributed by atoms with van der Waals surface area (Å²) in [6, 6.07) is 128. The van der Waals surface area contributed by atoms with Gasteiger partial charge >= 0.3 is 0 Å². The summed E-state index contributed by atoms with van der Waals surface area (Å²) in [4.78, 5) is 15.8. The largest absolute Gasteiger partial charge is 0.311 e. The van der Waals surface area contributed by atoms with Crippen LogP contribution in [-0.4, -0.2) is 21.2 Å². The van der Waals surface area contributed by atoms with Crippen LogP contribution < -0.4 is 26.2 Å². The maximum atomic E-state index is 5.37. The molecule has 0 bridgehead atoms. The minimum absolute atomic E-state index is 0.141. The lowest BCUT2D eigenvalue weighted by Gasteiger charge is -2.44. The van der Waals surface area contributed by atoms with Gasteiger partial charge in [0.15, 0.2) is 5.82 Å². The molecule has 438 valence electrons. The van der Waals surface area contributed by atoms with Crippen molar-refractivity contribution in [2.75, 3.05) is 9.80 Å². The Hall–Kier alpha value is -12.4. The zero-order valence-electron chi connectivity index (χ0n) is 51.3. The van der Waals surface area contributed by atoms with Gasteiger partial charge in [0.2, 0.25) is 0 Å². The second kappa shape index (κ2) is 22.8. The third-order valence-corrected chi connectivity index (χ3v) is 19.0. The molecule has 2 aliphatic heterocycles. The molecule has 16 aromatic rings. The fourth-order valence-corrected chi connectivity index (χ4v) is 14.6. The maximum absolute atomic E-state index is 5.37. The fourth-order valence-electron chi connectivity index (χ4n) is 14.6. The van der Waals surface area contributed by atoms with E-state index in [0.717, 1.165) is 101 Å². The Labute approximate surface area is 547 Å². The first-order chi connectivity index (χ1) is 46.6. The van der Waals surface area contributed by atoms with Crippen molar-refractivity contribution in [2.24, 2.45) is 0 Å². The molecule has 0 radical (unpaired) electrons. The molecule has 14 aromatic carbocycles. The Kier molecular flexibility index (Phi) is 13.3. The Balaban J connectivity index is 0.875. The molecule has 0 atom stereocenters. The lowest BCUT2D eigenvalue weighted by Crippen LogP contribution is -2.61. The molecule has 5 nitrogen and oxygen atoms in total. The first-order valence-electron chi connectivity index (χ1n) is 32.2. The zero-order valence-corrected chi connectivity index (χ0v) is 51.3. The van der Waals surface area contributed by atoms with Crippen LogP contribution in [0.1, 0.15) is 0 Å². The topological polar surface area (TPSA) is 37.2 Å². The molecule has 6 heteroatoms. The van der Waals surface area contributed by atoms with Crippen molar-refractivity contribution in [3.8, 4) is 95.2 Å². The number of fused-ring (bicyclic) bond motifs is 7. The van der Waals surface area contributed by atoms with Crippen molar-refractivity contribution in [3.05, 3.63) is 352 Å². The van der Waals surface area contributed by atoms with E-state index >= 15 is 0 Å². The van der Waals surface area contributed by atoms with E-state index in [1.807, 2.05) is 12.1 Å². The van der Waals surface area contributed by atoms with E-state index in [4.69, 9.17) is 9.97 Å². The standard InChI is InChI=1S/C88H58BN5/c1-7-23-59(24-8-1)63-39-46-71(47-40-63)92-83-51-44-68(61-27-11-3-12-28-61)54-76(83)89-77-55-69(62-29-13-4-14-30-62)45-52-84(77)93(72-48-41-64(42-49-72)60-25-9-2-10-26-60)86-57-70(56-85(92)87(86)89)67-43-50-82-75(53-67)73-35-19-21-37-80(73)94(82)81-38-22-20-36-74(81)88-90-78(65-31-15-5-16-32-65)58-79(91-88)66-33-17-6-18-34-66/h1-58H. The molecule has 18 rings (SSSR count). The van der Waals surface area contributed by atoms with Gasteiger partial charge in [0.25, 0.3) is 6.71 Å². The summed E-state index contributed by atoms with van der Waals surface area (Å²) in [5.74, 6) is 0.661. The van der Waals surface area contributed by atoms with Gasteiger partial charge in [-0.1, -0.05) is 267 Å². The van der Waals surface area contributed by atoms with Crippen molar-refractivity contribution in [1.82, 2.24) is 14.5 Å². The van der Waals surface area contributed by atoms with Crippen LogP contribution in [0, 0.1) is 0 Å². The van der Waals surface area contributed by atoms with Crippen LogP contribution in [0.2, 0.25) is 0 Å². The summed E-state index contributed by atoms with van der Waals surface area (Å²) in [6.45, 7) is -0.141. The van der Waals surface area contributed by atoms with Gasteiger partial charge < -0.3 is 14.4 Å². The third kappa shape index (κ3) is 9.42. The Bertz CT molecular complexity index is 5270. The minimum atomic E-state index is -0.141. The summed E-state index contributed by atoms with van der Waals surface area (Å²) in [5, 5.41) is 2.30. The Morgan fingerprint density at radius 2 is 0.606 bits per heavy atom. The van der Waals surface area contributed by atoms with Crippen LogP contribution in [0.4, 0.5) is 34.1 Å². The molecule has 0 N–H and O–H groups in total. The van der Waals surface area contributed by atoms with E-state index in [1.165, 1.54) is 60.9 Å². The second-order valence-corrected chi connectivity index (χ2v) is 24.4. The molecule has 0 aliphatic carbocycles. The predicted molar refractivity (Wildman–Crippen MR) is 394 cm³/mol. The van der Waals surface area contributed by atoms with E-state index in [1.54, 1.807) is 0 Å². The molecule has 0 spiro atoms. The summed E-state index contributed by atoms with van der Waals surface area (Å²) in [7, 11) is 0. The van der Waals surface area contributed by atoms with E-state index in [9.17, 15) is 0 Å². The third-order valence-electron chi connectivity index (χ3n) is 19.0. The van der Waals surface area contributed by atoms with E-state index in [2.05, 4.69) is 354 Å². The van der Waals surface area contributed by atoms with Crippen LogP contribution in [0.5, 0.6) is 0 Å². The highest BCUT2D eigenvalue weighted by Crippen LogP contribution is 2.49. The maximum Gasteiger partial charge on any atom is 0.252 e. The van der Waals surface area contributed by atoms with Crippen LogP contribution >= 0.6 is 0 Å². The quantitative estimate of drug-likeness (QED) is 0.121. The van der Waals surface area contributed by atoms with Gasteiger partial charge in [-0.15, -0.1) is 0 Å². The molecule has 0 fully saturated rings. The number of aromatic nitrogens is 3. The SMILES string of the molecule is c1ccc(-c2ccc(N3c4ccc(-c5ccccc5)cc4B4c5cc(-c6ccccc6)ccc5N(c5ccc(-c6ccccc6)cc5)c5cc(-c6ccc7c(c6)c6ccccc6n7-c6ccccc6-c6nc(-c7ccccc7)cc(-c7ccccc7)n6)cc3c54)cc2)cc1. The molecule has 0 saturated heterocycles. The van der Waals surface area contributed by atoms with Gasteiger partial charge in [0.1, 0.15) is 0 Å². The Morgan fingerprint density at radius 1 is 0.234 bits per heavy atom. The fraction of sp³-hybridized carbons (Fsp3) is 0. The van der Waals surface area contributed by atoms with Gasteiger partial charge in [-0.3, -0.25) is 0 Å². The van der Waals surface area contributed by atoms with Crippen LogP contribution in [0.25, 0.3) is 117 Å². The summed E-state index contributed by atoms with van der Waals surface area (Å²) >= 11 is 0. The van der Waals surface area contributed by atoms with Gasteiger partial charge in [0.05, 0.1) is 28.1 Å². The zero-order chi connectivity index (χ0) is 62.1. The van der Waals surface area contributed by atoms with Crippen LogP contribution in [-0.2, 0) is 0 Å². The number of hydrogen-bond acceptors (Lipinski definition) is 4. The van der Waals surface area contributed by atoms with Gasteiger partial charge in [0, 0.05) is 61.6 Å². The molecule has 94 heavy (non-hydrogen) atoms. The average Bonchev–Trinajstić information content (AvgIpc) is 0.758. The Morgan fingerprint density at radius 3 is 1.10 bits per heavy atom. The second-order valence-electron chi connectivity index (χ2n) is 24.4. The van der Waals surface area contributed by atoms with Crippen molar-refractivity contribution in [2.45, 2.75) is 0 Å². The number of nitrogens with zero attached hydrogens (tertiary/aromatic N) is 5. The minimum Gasteiger partial charge on any atom is -0.311 e. The lowest BCUT2D eigenvalue weighted by atomic mass is 9.33. The summed E-state index contributed by atoms with van der Waals surface area (Å²) < 4.78 is 2.41. The molecule has 0 amide bonds. The molecular weight excluding hydrogens is 1140 g/mol. The molecule has 0 unspecified atom stereocenters. The first kappa shape index (κ1) is 54.5. The molecular formula is C88H58BN5. The number of anilines is 6. The van der Waals surface area contributed by atoms with Crippen molar-refractivity contribution in [1.29, 1.82) is 0 Å². The van der Waals surface area contributed by atoms with Crippen LogP contribution in [0.15, 0.2) is 352 Å². The predicted octanol–water partition coefficient (Wildman–Crippen LogP) is 21.0. The molecule has 0 saturated carbocycles. The van der Waals surface area contributed by atoms with Gasteiger partial charge in [-0.05, 0) is 157 Å². The average molecular weight is 1200 g/mol. The number of rotatable bonds is 11. The van der Waals surface area contributed by atoms with E-state index < -0.39 is 0 Å². The monoisotopic (exact) mass is 1200 g/mol. The van der Waals surface area contributed by atoms with Crippen LogP contribution in [0.3, 0.4) is 0 Å². The molecule has 2 aromatic heterocycles. The summed E-state index contributed by atoms with van der Waals surface area (Å²) in [6.07, 6.45) is 0. The number of hydrogen-bond donors (Lipinski definition) is 0. The lowest BCUT2D eigenvalue weighted by molar-refractivity contribution is 1.14. The molecule has 4 heterocycles. The number of benzene rings is 14. The van der Waals surface area contributed by atoms with E-state index in [0.29, 0.717) is 5.82 Å². The highest BCUT2D eigenvalue weighted by molar-refractivity contribution is 7.00. The van der Waals surface area contributed by atoms with Gasteiger partial charge in [-0.25, -0.2) is 9.97 Å². The van der Waals surface area contributed by atoms with Crippen molar-refractivity contribution in [3.63, 3.8) is 0 Å². The summed E-state index contributed by atoms with van der Waals surface area (Å²) in [5.41, 5.74) is 30.1. The highest BCUT2D eigenvalue weighted by Gasteiger charge is 2.44. The van der Waals surface area contributed by atoms with Crippen molar-refractivity contribution >= 4 is 79.0 Å². The normalized spacial score (nSPS) is 12.2.